The summed E-state index contributed by atoms with van der Waals surface area (Å²) in [5.41, 5.74) is 2.09. The molecule has 1 N–H and O–H groups in total. The summed E-state index contributed by atoms with van der Waals surface area (Å²) >= 11 is 7.56. The largest absolute Gasteiger partial charge is 0.487 e. The quantitative estimate of drug-likeness (QED) is 0.747. The van der Waals surface area contributed by atoms with Gasteiger partial charge in [-0.2, -0.15) is 0 Å². The molecule has 1 saturated heterocycles. The predicted octanol–water partition coefficient (Wildman–Crippen LogP) is 4.68. The van der Waals surface area contributed by atoms with Crippen LogP contribution in [-0.4, -0.2) is 42.3 Å². The van der Waals surface area contributed by atoms with Crippen molar-refractivity contribution in [2.24, 2.45) is 0 Å². The molecule has 2 heterocycles. The highest BCUT2D eigenvalue weighted by molar-refractivity contribution is 7.99. The van der Waals surface area contributed by atoms with Gasteiger partial charge in [-0.15, -0.1) is 11.8 Å². The first kappa shape index (κ1) is 20.6. The zero-order valence-electron chi connectivity index (χ0n) is 16.7. The van der Waals surface area contributed by atoms with Crippen LogP contribution in [0.15, 0.2) is 48.5 Å². The molecule has 1 fully saturated rings. The molecule has 0 aromatic heterocycles. The molecular formula is C23H27ClN2O2S. The Morgan fingerprint density at radius 2 is 1.93 bits per heavy atom. The monoisotopic (exact) mass is 430 g/mol. The van der Waals surface area contributed by atoms with Gasteiger partial charge in [0.05, 0.1) is 11.8 Å². The maximum Gasteiger partial charge on any atom is 0.230 e. The number of halogens is 1. The maximum atomic E-state index is 12.7. The van der Waals surface area contributed by atoms with Gasteiger partial charge in [-0.05, 0) is 43.7 Å². The predicted molar refractivity (Wildman–Crippen MR) is 120 cm³/mol. The van der Waals surface area contributed by atoms with Crippen LogP contribution in [0, 0.1) is 0 Å². The molecule has 2 aromatic rings. The summed E-state index contributed by atoms with van der Waals surface area (Å²) in [6.07, 6.45) is 2.83. The van der Waals surface area contributed by atoms with E-state index in [0.717, 1.165) is 54.4 Å². The number of para-hydroxylation sites is 1. The fourth-order valence-corrected chi connectivity index (χ4v) is 5.08. The summed E-state index contributed by atoms with van der Waals surface area (Å²) in [6.45, 7) is 2.06. The Bertz CT molecular complexity index is 850. The van der Waals surface area contributed by atoms with Crippen molar-refractivity contribution in [2.45, 2.75) is 36.7 Å². The van der Waals surface area contributed by atoms with E-state index in [1.54, 1.807) is 11.8 Å². The van der Waals surface area contributed by atoms with Crippen LogP contribution in [-0.2, 0) is 10.5 Å². The number of carbonyl (C=O) groups excluding carboxylic acids is 1. The van der Waals surface area contributed by atoms with E-state index in [1.807, 2.05) is 42.5 Å². The lowest BCUT2D eigenvalue weighted by atomic mass is 9.80. The van der Waals surface area contributed by atoms with Crippen LogP contribution < -0.4 is 10.1 Å². The second-order valence-electron chi connectivity index (χ2n) is 8.07. The number of hydrogen-bond acceptors (Lipinski definition) is 4. The third kappa shape index (κ3) is 5.08. The Balaban J connectivity index is 1.38. The van der Waals surface area contributed by atoms with E-state index in [9.17, 15) is 4.79 Å². The minimum absolute atomic E-state index is 0.00647. The van der Waals surface area contributed by atoms with Gasteiger partial charge < -0.3 is 15.0 Å². The molecule has 1 amide bonds. The summed E-state index contributed by atoms with van der Waals surface area (Å²) in [4.78, 5) is 15.0. The summed E-state index contributed by atoms with van der Waals surface area (Å²) < 4.78 is 6.48. The molecule has 1 unspecified atom stereocenters. The lowest BCUT2D eigenvalue weighted by Crippen LogP contribution is -2.51. The van der Waals surface area contributed by atoms with E-state index in [0.29, 0.717) is 5.75 Å². The Morgan fingerprint density at radius 3 is 2.69 bits per heavy atom. The fourth-order valence-electron chi connectivity index (χ4n) is 4.16. The number of fused-ring (bicyclic) bond motifs is 1. The highest BCUT2D eigenvalue weighted by Gasteiger charge is 2.43. The van der Waals surface area contributed by atoms with Crippen LogP contribution in [0.1, 0.15) is 36.4 Å². The smallest absolute Gasteiger partial charge is 0.230 e. The lowest BCUT2D eigenvalue weighted by Gasteiger charge is -2.46. The molecule has 0 radical (unpaired) electrons. The molecule has 4 nitrogen and oxygen atoms in total. The molecule has 6 heteroatoms. The first-order valence-electron chi connectivity index (χ1n) is 10.1. The first-order valence-corrected chi connectivity index (χ1v) is 11.6. The maximum absolute atomic E-state index is 12.7. The third-order valence-corrected chi connectivity index (χ3v) is 7.10. The summed E-state index contributed by atoms with van der Waals surface area (Å²) in [5.74, 6) is 2.24. The van der Waals surface area contributed by atoms with E-state index < -0.39 is 0 Å². The number of thioether (sulfide) groups is 1. The number of hydrogen-bond donors (Lipinski definition) is 1. The van der Waals surface area contributed by atoms with Crippen molar-refractivity contribution in [3.8, 4) is 5.75 Å². The number of rotatable bonds is 5. The van der Waals surface area contributed by atoms with Crippen LogP contribution in [0.2, 0.25) is 5.02 Å². The van der Waals surface area contributed by atoms with Gasteiger partial charge in [0, 0.05) is 35.8 Å². The standard InChI is InChI=1S/C23H27ClN2O2S/c1-26-12-10-23(11-13-26)14-20(19-4-2-3-5-21(19)28-23)25-22(27)16-29-15-17-6-8-18(24)9-7-17/h2-9,20H,10-16H2,1H3,(H,25,27). The van der Waals surface area contributed by atoms with Gasteiger partial charge in [0.25, 0.3) is 0 Å². The van der Waals surface area contributed by atoms with Gasteiger partial charge in [-0.25, -0.2) is 0 Å². The molecule has 29 heavy (non-hydrogen) atoms. The van der Waals surface area contributed by atoms with Crippen molar-refractivity contribution in [1.29, 1.82) is 0 Å². The molecule has 1 atom stereocenters. The van der Waals surface area contributed by atoms with E-state index in [2.05, 4.69) is 23.3 Å². The van der Waals surface area contributed by atoms with Crippen molar-refractivity contribution in [3.63, 3.8) is 0 Å². The van der Waals surface area contributed by atoms with Gasteiger partial charge in [0.2, 0.25) is 5.91 Å². The normalized spacial score (nSPS) is 20.7. The van der Waals surface area contributed by atoms with Gasteiger partial charge >= 0.3 is 0 Å². The second-order valence-corrected chi connectivity index (χ2v) is 9.49. The van der Waals surface area contributed by atoms with Crippen molar-refractivity contribution >= 4 is 29.3 Å². The van der Waals surface area contributed by atoms with Gasteiger partial charge in [-0.3, -0.25) is 4.79 Å². The number of likely N-dealkylation sites (tertiary alicyclic amines) is 1. The number of carbonyl (C=O) groups is 1. The second kappa shape index (κ2) is 8.99. The van der Waals surface area contributed by atoms with Gasteiger partial charge in [0.1, 0.15) is 11.4 Å². The molecule has 0 bridgehead atoms. The molecule has 2 aliphatic rings. The zero-order chi connectivity index (χ0) is 20.3. The highest BCUT2D eigenvalue weighted by Crippen LogP contribution is 2.44. The van der Waals surface area contributed by atoms with Crippen molar-refractivity contribution in [1.82, 2.24) is 10.2 Å². The van der Waals surface area contributed by atoms with Crippen molar-refractivity contribution in [2.75, 3.05) is 25.9 Å². The third-order valence-electron chi connectivity index (χ3n) is 5.85. The minimum atomic E-state index is -0.171. The summed E-state index contributed by atoms with van der Waals surface area (Å²) in [7, 11) is 2.15. The Labute approximate surface area is 182 Å². The number of amides is 1. The topological polar surface area (TPSA) is 41.6 Å². The average Bonchev–Trinajstić information content (AvgIpc) is 2.72. The Kier molecular flexibility index (Phi) is 6.38. The number of piperidine rings is 1. The van der Waals surface area contributed by atoms with Gasteiger partial charge in [0.15, 0.2) is 0 Å². The highest BCUT2D eigenvalue weighted by atomic mass is 35.5. The molecular weight excluding hydrogens is 404 g/mol. The SMILES string of the molecule is CN1CCC2(CC1)CC(NC(=O)CSCc1ccc(Cl)cc1)c1ccccc1O2. The van der Waals surface area contributed by atoms with E-state index in [-0.39, 0.29) is 17.6 Å². The minimum Gasteiger partial charge on any atom is -0.487 e. The van der Waals surface area contributed by atoms with E-state index in [1.165, 1.54) is 5.56 Å². The molecule has 2 aromatic carbocycles. The molecule has 0 saturated carbocycles. The fraction of sp³-hybridized carbons (Fsp3) is 0.435. The van der Waals surface area contributed by atoms with E-state index in [4.69, 9.17) is 16.3 Å². The molecule has 4 rings (SSSR count). The van der Waals surface area contributed by atoms with Crippen LogP contribution in [0.4, 0.5) is 0 Å². The average molecular weight is 431 g/mol. The van der Waals surface area contributed by atoms with Crippen LogP contribution in [0.3, 0.4) is 0 Å². The van der Waals surface area contributed by atoms with E-state index >= 15 is 0 Å². The first-order chi connectivity index (χ1) is 14.0. The summed E-state index contributed by atoms with van der Waals surface area (Å²) in [6, 6.07) is 15.9. The zero-order valence-corrected chi connectivity index (χ0v) is 18.3. The number of benzene rings is 2. The number of nitrogens with zero attached hydrogens (tertiary/aromatic N) is 1. The van der Waals surface area contributed by atoms with Crippen LogP contribution in [0.5, 0.6) is 5.75 Å². The Morgan fingerprint density at radius 1 is 1.21 bits per heavy atom. The van der Waals surface area contributed by atoms with Crippen LogP contribution >= 0.6 is 23.4 Å². The number of ether oxygens (including phenoxy) is 1. The van der Waals surface area contributed by atoms with Crippen molar-refractivity contribution < 1.29 is 9.53 Å². The molecule has 0 aliphatic carbocycles. The summed E-state index contributed by atoms with van der Waals surface area (Å²) in [5, 5.41) is 4.01. The van der Waals surface area contributed by atoms with Crippen LogP contribution in [0.25, 0.3) is 0 Å². The molecule has 1 spiro atoms. The van der Waals surface area contributed by atoms with Crippen molar-refractivity contribution in [3.05, 3.63) is 64.7 Å². The van der Waals surface area contributed by atoms with Gasteiger partial charge in [-0.1, -0.05) is 41.9 Å². The Hall–Kier alpha value is -1.69. The molecule has 2 aliphatic heterocycles. The lowest BCUT2D eigenvalue weighted by molar-refractivity contribution is -0.120. The number of nitrogens with one attached hydrogen (secondary N) is 1. The molecule has 154 valence electrons.